The maximum absolute atomic E-state index is 12.9. The lowest BCUT2D eigenvalue weighted by molar-refractivity contribution is -0.120. The third kappa shape index (κ3) is 5.13. The number of carbonyl (C=O) groups excluding carboxylic acids is 2. The molecule has 7 rings (SSSR count). The number of aromatic nitrogens is 6. The SMILES string of the molecule is CC(=O)c1ccc(-c2cncc3[nH]c(-c4nn(C)c5c4=CC(c4cncc(NC(=O)C6CCCCC6)c4)=C(C)NC=5)nc23)s1. The quantitative estimate of drug-likeness (QED) is 0.238. The number of aromatic amines is 1. The van der Waals surface area contributed by atoms with Crippen molar-refractivity contribution in [2.45, 2.75) is 46.0 Å². The summed E-state index contributed by atoms with van der Waals surface area (Å²) in [7, 11) is 1.90. The number of imidazole rings is 1. The van der Waals surface area contributed by atoms with Crippen LogP contribution in [-0.4, -0.2) is 41.4 Å². The molecule has 0 spiro atoms. The highest BCUT2D eigenvalue weighted by atomic mass is 32.1. The molecule has 1 amide bonds. The second kappa shape index (κ2) is 11.3. The molecule has 10 nitrogen and oxygen atoms in total. The van der Waals surface area contributed by atoms with Crippen molar-refractivity contribution in [1.29, 1.82) is 0 Å². The molecule has 0 unspecified atom stereocenters. The molecule has 0 saturated heterocycles. The summed E-state index contributed by atoms with van der Waals surface area (Å²) in [4.78, 5) is 43.8. The molecule has 1 saturated carbocycles. The number of amides is 1. The van der Waals surface area contributed by atoms with Crippen LogP contribution in [0.5, 0.6) is 0 Å². The maximum Gasteiger partial charge on any atom is 0.227 e. The molecular weight excluding hydrogens is 572 g/mol. The minimum atomic E-state index is 0.0344. The van der Waals surface area contributed by atoms with Gasteiger partial charge < -0.3 is 15.6 Å². The lowest BCUT2D eigenvalue weighted by Crippen LogP contribution is -2.29. The van der Waals surface area contributed by atoms with Crippen LogP contribution < -0.4 is 21.2 Å². The standard InChI is InChI=1S/C33H32N8O2S/c1-18-23(21-11-22(14-34-13-21)37-33(43)20-7-5-4-6-8-20)12-24-27(17-36-18)41(3)40-31(24)32-38-26-16-35-15-25(30(26)39-32)29-10-9-28(44-29)19(2)42/h9-17,20,36H,4-8H2,1-3H3,(H,37,43)(H,38,39). The summed E-state index contributed by atoms with van der Waals surface area (Å²) in [5.74, 6) is 0.781. The van der Waals surface area contributed by atoms with Crippen molar-refractivity contribution in [3.8, 4) is 22.0 Å². The Bertz CT molecular complexity index is 2090. The van der Waals surface area contributed by atoms with E-state index in [1.165, 1.54) is 17.8 Å². The first kappa shape index (κ1) is 27.9. The zero-order chi connectivity index (χ0) is 30.4. The van der Waals surface area contributed by atoms with Gasteiger partial charge in [0, 0.05) is 64.1 Å². The van der Waals surface area contributed by atoms with Gasteiger partial charge in [-0.05, 0) is 51.0 Å². The van der Waals surface area contributed by atoms with Gasteiger partial charge in [-0.3, -0.25) is 24.2 Å². The average Bonchev–Trinajstić information content (AvgIpc) is 3.74. The zero-order valence-corrected chi connectivity index (χ0v) is 25.6. The Morgan fingerprint density at radius 3 is 2.68 bits per heavy atom. The Morgan fingerprint density at radius 1 is 1.07 bits per heavy atom. The number of allylic oxidation sites excluding steroid dienone is 2. The van der Waals surface area contributed by atoms with E-state index < -0.39 is 0 Å². The fourth-order valence-corrected chi connectivity index (χ4v) is 6.92. The van der Waals surface area contributed by atoms with Crippen molar-refractivity contribution in [2.24, 2.45) is 13.0 Å². The zero-order valence-electron chi connectivity index (χ0n) is 24.8. The largest absolute Gasteiger partial charge is 0.363 e. The molecule has 222 valence electrons. The van der Waals surface area contributed by atoms with Crippen LogP contribution in [-0.2, 0) is 11.8 Å². The minimum Gasteiger partial charge on any atom is -0.363 e. The first-order chi connectivity index (χ1) is 21.4. The molecule has 0 bridgehead atoms. The Hall–Kier alpha value is -4.90. The van der Waals surface area contributed by atoms with Gasteiger partial charge in [-0.25, -0.2) is 4.98 Å². The number of nitrogens with one attached hydrogen (secondary N) is 3. The number of aryl methyl sites for hydroxylation is 1. The van der Waals surface area contributed by atoms with Gasteiger partial charge in [0.05, 0.1) is 33.8 Å². The van der Waals surface area contributed by atoms with Crippen LogP contribution in [0, 0.1) is 5.92 Å². The second-order valence-electron chi connectivity index (χ2n) is 11.4. The summed E-state index contributed by atoms with van der Waals surface area (Å²) in [5, 5.41) is 13.2. The third-order valence-electron chi connectivity index (χ3n) is 8.38. The molecule has 5 aromatic heterocycles. The summed E-state index contributed by atoms with van der Waals surface area (Å²) in [6, 6.07) is 5.75. The summed E-state index contributed by atoms with van der Waals surface area (Å²) in [6.07, 6.45) is 16.4. The lowest BCUT2D eigenvalue weighted by Gasteiger charge is -2.20. The number of pyridine rings is 2. The molecule has 1 aliphatic heterocycles. The van der Waals surface area contributed by atoms with Crippen molar-refractivity contribution in [3.63, 3.8) is 0 Å². The molecule has 11 heteroatoms. The summed E-state index contributed by atoms with van der Waals surface area (Å²) in [5.41, 5.74) is 6.54. The molecule has 3 N–H and O–H groups in total. The predicted octanol–water partition coefficient (Wildman–Crippen LogP) is 4.76. The molecule has 1 aliphatic carbocycles. The van der Waals surface area contributed by atoms with Gasteiger partial charge in [0.25, 0.3) is 0 Å². The fourth-order valence-electron chi connectivity index (χ4n) is 6.01. The highest BCUT2D eigenvalue weighted by Gasteiger charge is 2.22. The van der Waals surface area contributed by atoms with Gasteiger partial charge in [-0.15, -0.1) is 11.3 Å². The van der Waals surface area contributed by atoms with Gasteiger partial charge in [0.15, 0.2) is 11.6 Å². The monoisotopic (exact) mass is 604 g/mol. The number of rotatable bonds is 6. The molecule has 44 heavy (non-hydrogen) atoms. The predicted molar refractivity (Wildman–Crippen MR) is 173 cm³/mol. The molecule has 6 heterocycles. The van der Waals surface area contributed by atoms with E-state index in [2.05, 4.69) is 31.7 Å². The topological polar surface area (TPSA) is 130 Å². The number of thiophene rings is 1. The van der Waals surface area contributed by atoms with E-state index in [9.17, 15) is 9.59 Å². The average molecular weight is 605 g/mol. The molecule has 0 aromatic carbocycles. The number of Topliss-reactive ketones (excluding diaryl/α,β-unsaturated/α-hetero) is 1. The van der Waals surface area contributed by atoms with Crippen LogP contribution in [0.1, 0.15) is 61.2 Å². The van der Waals surface area contributed by atoms with Crippen LogP contribution in [0.25, 0.3) is 50.8 Å². The van der Waals surface area contributed by atoms with Crippen molar-refractivity contribution in [3.05, 3.63) is 69.7 Å². The fraction of sp³-hybridized carbons (Fsp3) is 0.273. The van der Waals surface area contributed by atoms with Gasteiger partial charge in [0.1, 0.15) is 11.2 Å². The highest BCUT2D eigenvalue weighted by Crippen LogP contribution is 2.33. The van der Waals surface area contributed by atoms with E-state index in [4.69, 9.17) is 10.1 Å². The van der Waals surface area contributed by atoms with E-state index in [0.29, 0.717) is 22.1 Å². The first-order valence-electron chi connectivity index (χ1n) is 14.8. The van der Waals surface area contributed by atoms with E-state index in [1.807, 2.05) is 49.2 Å². The molecule has 0 radical (unpaired) electrons. The number of fused-ring (bicyclic) bond motifs is 2. The van der Waals surface area contributed by atoms with Crippen molar-refractivity contribution in [2.75, 3.05) is 5.32 Å². The second-order valence-corrected chi connectivity index (χ2v) is 12.5. The van der Waals surface area contributed by atoms with Crippen LogP contribution >= 0.6 is 11.3 Å². The number of H-pyrrole nitrogens is 1. The smallest absolute Gasteiger partial charge is 0.227 e. The normalized spacial score (nSPS) is 15.2. The lowest BCUT2D eigenvalue weighted by atomic mass is 9.88. The molecule has 0 atom stereocenters. The van der Waals surface area contributed by atoms with Crippen LogP contribution in [0.2, 0.25) is 0 Å². The van der Waals surface area contributed by atoms with E-state index in [1.54, 1.807) is 25.5 Å². The third-order valence-corrected chi connectivity index (χ3v) is 9.60. The van der Waals surface area contributed by atoms with Crippen LogP contribution in [0.4, 0.5) is 5.69 Å². The number of anilines is 1. The summed E-state index contributed by atoms with van der Waals surface area (Å²) >= 11 is 1.43. The van der Waals surface area contributed by atoms with Gasteiger partial charge in [0.2, 0.25) is 5.91 Å². The molecule has 5 aromatic rings. The number of hydrogen-bond donors (Lipinski definition) is 3. The Balaban J connectivity index is 1.28. The van der Waals surface area contributed by atoms with E-state index >= 15 is 0 Å². The first-order valence-corrected chi connectivity index (χ1v) is 15.6. The van der Waals surface area contributed by atoms with Crippen LogP contribution in [0.3, 0.4) is 0 Å². The number of hydrogen-bond acceptors (Lipinski definition) is 8. The van der Waals surface area contributed by atoms with Gasteiger partial charge in [-0.2, -0.15) is 5.10 Å². The summed E-state index contributed by atoms with van der Waals surface area (Å²) < 4.78 is 1.83. The number of ketones is 1. The summed E-state index contributed by atoms with van der Waals surface area (Å²) in [6.45, 7) is 3.59. The van der Waals surface area contributed by atoms with Crippen molar-refractivity contribution < 1.29 is 9.59 Å². The van der Waals surface area contributed by atoms with Crippen LogP contribution in [0.15, 0.2) is 48.7 Å². The Morgan fingerprint density at radius 2 is 1.89 bits per heavy atom. The Kier molecular flexibility index (Phi) is 7.17. The van der Waals surface area contributed by atoms with Gasteiger partial charge in [-0.1, -0.05) is 19.3 Å². The molecular formula is C33H32N8O2S. The van der Waals surface area contributed by atoms with Gasteiger partial charge >= 0.3 is 0 Å². The minimum absolute atomic E-state index is 0.0344. The van der Waals surface area contributed by atoms with E-state index in [-0.39, 0.29) is 17.6 Å². The molecule has 2 aliphatic rings. The number of nitrogens with zero attached hydrogens (tertiary/aromatic N) is 5. The maximum atomic E-state index is 12.9. The highest BCUT2D eigenvalue weighted by molar-refractivity contribution is 7.17. The van der Waals surface area contributed by atoms with E-state index in [0.717, 1.165) is 74.6 Å². The molecule has 1 fully saturated rings. The van der Waals surface area contributed by atoms with Crippen molar-refractivity contribution in [1.82, 2.24) is 35.0 Å². The Labute approximate surface area is 257 Å². The van der Waals surface area contributed by atoms with Crippen molar-refractivity contribution >= 4 is 57.6 Å². The number of carbonyl (C=O) groups is 2.